The van der Waals surface area contributed by atoms with Crippen molar-refractivity contribution in [2.45, 2.75) is 27.7 Å². The summed E-state index contributed by atoms with van der Waals surface area (Å²) < 4.78 is 1.43. The largest absolute Gasteiger partial charge is 0.478 e. The fourth-order valence-corrected chi connectivity index (χ4v) is 2.16. The van der Waals surface area contributed by atoms with E-state index in [9.17, 15) is 9.90 Å². The zero-order chi connectivity index (χ0) is 21.1. The number of hydrogen-bond donors (Lipinski definition) is 2. The normalized spacial score (nSPS) is 9.07. The molecular weight excluding hydrogens is 358 g/mol. The molecule has 9 nitrogen and oxygen atoms in total. The van der Waals surface area contributed by atoms with E-state index in [0.29, 0.717) is 22.4 Å². The Kier molecular flexibility index (Phi) is 8.58. The quantitative estimate of drug-likeness (QED) is 0.657. The average Bonchev–Trinajstić information content (AvgIpc) is 3.17. The molecule has 2 N–H and O–H groups in total. The number of rotatable bonds is 4. The van der Waals surface area contributed by atoms with Gasteiger partial charge in [0.15, 0.2) is 11.5 Å². The Balaban J connectivity index is 0.000000921. The summed E-state index contributed by atoms with van der Waals surface area (Å²) in [6.45, 7) is 7.95. The van der Waals surface area contributed by atoms with Crippen LogP contribution in [0.3, 0.4) is 0 Å². The number of anilines is 1. The third-order valence-corrected chi connectivity index (χ3v) is 3.23. The minimum atomic E-state index is -1.16. The molecule has 9 heteroatoms. The first-order valence-electron chi connectivity index (χ1n) is 8.72. The summed E-state index contributed by atoms with van der Waals surface area (Å²) in [5.41, 5.74) is 1.10. The van der Waals surface area contributed by atoms with Crippen LogP contribution in [0.5, 0.6) is 0 Å². The number of aromatic nitrogens is 4. The number of carboxylic acids is 1. The van der Waals surface area contributed by atoms with Crippen molar-refractivity contribution >= 4 is 22.7 Å². The molecule has 0 radical (unpaired) electrons. The number of aromatic carboxylic acids is 1. The first-order valence-corrected chi connectivity index (χ1v) is 8.72. The Hall–Kier alpha value is -3.98. The SMILES string of the molecule is CC.CC.N#CCNc1cc(-n2ncc3cc(C#N)cnc32)ncc1C(=O)O. The zero-order valence-electron chi connectivity index (χ0n) is 16.1. The minimum Gasteiger partial charge on any atom is -0.478 e. The lowest BCUT2D eigenvalue weighted by molar-refractivity contribution is 0.0697. The van der Waals surface area contributed by atoms with Gasteiger partial charge in [-0.3, -0.25) is 0 Å². The molecule has 0 aromatic carbocycles. The van der Waals surface area contributed by atoms with Crippen LogP contribution in [0.2, 0.25) is 0 Å². The topological polar surface area (TPSA) is 141 Å². The van der Waals surface area contributed by atoms with E-state index in [0.717, 1.165) is 0 Å². The highest BCUT2D eigenvalue weighted by Gasteiger charge is 2.14. The van der Waals surface area contributed by atoms with Crippen molar-refractivity contribution < 1.29 is 9.90 Å². The van der Waals surface area contributed by atoms with Crippen LogP contribution in [-0.4, -0.2) is 37.4 Å². The van der Waals surface area contributed by atoms with Crippen LogP contribution in [0.15, 0.2) is 30.7 Å². The Morgan fingerprint density at radius 1 is 1.14 bits per heavy atom. The molecular formula is C19H21N7O2. The molecule has 0 saturated carbocycles. The summed E-state index contributed by atoms with van der Waals surface area (Å²) in [6.07, 6.45) is 4.15. The van der Waals surface area contributed by atoms with Gasteiger partial charge in [-0.25, -0.2) is 14.8 Å². The summed E-state index contributed by atoms with van der Waals surface area (Å²) in [7, 11) is 0. The van der Waals surface area contributed by atoms with Gasteiger partial charge < -0.3 is 10.4 Å². The Morgan fingerprint density at radius 3 is 2.46 bits per heavy atom. The maximum Gasteiger partial charge on any atom is 0.339 e. The van der Waals surface area contributed by atoms with Gasteiger partial charge in [0.25, 0.3) is 0 Å². The van der Waals surface area contributed by atoms with Gasteiger partial charge in [0, 0.05) is 23.8 Å². The predicted molar refractivity (Wildman–Crippen MR) is 105 cm³/mol. The molecule has 0 aliphatic carbocycles. The molecule has 0 aliphatic heterocycles. The molecule has 28 heavy (non-hydrogen) atoms. The van der Waals surface area contributed by atoms with E-state index in [-0.39, 0.29) is 17.8 Å². The summed E-state index contributed by atoms with van der Waals surface area (Å²) in [6, 6.07) is 7.01. The Bertz CT molecular complexity index is 1030. The molecule has 0 spiro atoms. The first kappa shape index (κ1) is 22.1. The molecule has 0 unspecified atom stereocenters. The molecule has 3 aromatic heterocycles. The molecule has 0 saturated heterocycles. The smallest absolute Gasteiger partial charge is 0.339 e. The number of carboxylic acid groups (broad SMARTS) is 1. The summed E-state index contributed by atoms with van der Waals surface area (Å²) in [5, 5.41) is 34.3. The van der Waals surface area contributed by atoms with Gasteiger partial charge in [-0.15, -0.1) is 0 Å². The maximum absolute atomic E-state index is 11.2. The monoisotopic (exact) mass is 379 g/mol. The average molecular weight is 379 g/mol. The minimum absolute atomic E-state index is 0.0482. The number of carbonyl (C=O) groups is 1. The lowest BCUT2D eigenvalue weighted by Crippen LogP contribution is -2.10. The Morgan fingerprint density at radius 2 is 1.86 bits per heavy atom. The third-order valence-electron chi connectivity index (χ3n) is 3.23. The van der Waals surface area contributed by atoms with E-state index in [4.69, 9.17) is 10.5 Å². The highest BCUT2D eigenvalue weighted by molar-refractivity contribution is 5.94. The summed E-state index contributed by atoms with van der Waals surface area (Å²) >= 11 is 0. The van der Waals surface area contributed by atoms with Crippen LogP contribution in [0.25, 0.3) is 16.9 Å². The first-order chi connectivity index (χ1) is 13.6. The Labute approximate surface area is 162 Å². The zero-order valence-corrected chi connectivity index (χ0v) is 16.1. The van der Waals surface area contributed by atoms with Gasteiger partial charge in [0.1, 0.15) is 18.2 Å². The molecule has 0 amide bonds. The van der Waals surface area contributed by atoms with E-state index < -0.39 is 5.97 Å². The van der Waals surface area contributed by atoms with Crippen LogP contribution >= 0.6 is 0 Å². The van der Waals surface area contributed by atoms with Gasteiger partial charge >= 0.3 is 5.97 Å². The molecule has 0 fully saturated rings. The second-order valence-corrected chi connectivity index (χ2v) is 4.71. The summed E-state index contributed by atoms with van der Waals surface area (Å²) in [5.74, 6) is -0.816. The third kappa shape index (κ3) is 4.80. The van der Waals surface area contributed by atoms with Crippen molar-refractivity contribution in [1.29, 1.82) is 10.5 Å². The lowest BCUT2D eigenvalue weighted by Gasteiger charge is -2.09. The van der Waals surface area contributed by atoms with Crippen LogP contribution in [0.1, 0.15) is 43.6 Å². The van der Waals surface area contributed by atoms with Gasteiger partial charge in [0.05, 0.1) is 23.5 Å². The fourth-order valence-electron chi connectivity index (χ4n) is 2.16. The molecule has 0 atom stereocenters. The van der Waals surface area contributed by atoms with Crippen LogP contribution in [0, 0.1) is 22.7 Å². The fraction of sp³-hybridized carbons (Fsp3) is 0.263. The van der Waals surface area contributed by atoms with Crippen molar-refractivity contribution in [3.8, 4) is 18.0 Å². The molecule has 3 aromatic rings. The van der Waals surface area contributed by atoms with E-state index >= 15 is 0 Å². The van der Waals surface area contributed by atoms with Crippen LogP contribution in [0.4, 0.5) is 5.69 Å². The second-order valence-electron chi connectivity index (χ2n) is 4.71. The highest BCUT2D eigenvalue weighted by Crippen LogP contribution is 2.21. The highest BCUT2D eigenvalue weighted by atomic mass is 16.4. The van der Waals surface area contributed by atoms with Crippen molar-refractivity contribution in [1.82, 2.24) is 19.7 Å². The second kappa shape index (κ2) is 10.9. The van der Waals surface area contributed by atoms with E-state index in [1.807, 2.05) is 39.8 Å². The molecule has 144 valence electrons. The van der Waals surface area contributed by atoms with E-state index in [2.05, 4.69) is 20.4 Å². The van der Waals surface area contributed by atoms with E-state index in [1.165, 1.54) is 23.1 Å². The standard InChI is InChI=1S/C15H9N7O2.2C2H6/c16-1-2-18-12-4-13(19-8-11(12)15(23)24)22-14-10(7-21-22)3-9(5-17)6-20-14;2*1-2/h3-4,6-8H,2H2,(H,18,19)(H,23,24);2*1-2H3. The lowest BCUT2D eigenvalue weighted by atomic mass is 10.2. The van der Waals surface area contributed by atoms with Crippen molar-refractivity contribution in [3.63, 3.8) is 0 Å². The molecule has 3 heterocycles. The van der Waals surface area contributed by atoms with Gasteiger partial charge in [-0.2, -0.15) is 20.3 Å². The predicted octanol–water partition coefficient (Wildman–Crippen LogP) is 3.37. The van der Waals surface area contributed by atoms with Crippen molar-refractivity contribution in [3.05, 3.63) is 41.9 Å². The van der Waals surface area contributed by atoms with Crippen LogP contribution < -0.4 is 5.32 Å². The van der Waals surface area contributed by atoms with Gasteiger partial charge in [-0.05, 0) is 6.07 Å². The van der Waals surface area contributed by atoms with Gasteiger partial charge in [0.2, 0.25) is 0 Å². The van der Waals surface area contributed by atoms with Crippen LogP contribution in [-0.2, 0) is 0 Å². The number of pyridine rings is 2. The maximum atomic E-state index is 11.2. The van der Waals surface area contributed by atoms with E-state index in [1.54, 1.807) is 12.3 Å². The van der Waals surface area contributed by atoms with Crippen molar-refractivity contribution in [2.75, 3.05) is 11.9 Å². The number of fused-ring (bicyclic) bond motifs is 1. The molecule has 3 rings (SSSR count). The number of hydrogen-bond acceptors (Lipinski definition) is 7. The van der Waals surface area contributed by atoms with Crippen molar-refractivity contribution in [2.24, 2.45) is 0 Å². The number of nitrogens with one attached hydrogen (secondary N) is 1. The van der Waals surface area contributed by atoms with Gasteiger partial charge in [-0.1, -0.05) is 27.7 Å². The molecule has 0 aliphatic rings. The number of nitriles is 2. The molecule has 0 bridgehead atoms. The summed E-state index contributed by atoms with van der Waals surface area (Å²) in [4.78, 5) is 19.5. The number of nitrogens with zero attached hydrogens (tertiary/aromatic N) is 6.